The van der Waals surface area contributed by atoms with Crippen LogP contribution in [0.1, 0.15) is 117 Å². The van der Waals surface area contributed by atoms with E-state index in [1.807, 2.05) is 48.5 Å². The van der Waals surface area contributed by atoms with Crippen molar-refractivity contribution < 1.29 is 37.7 Å². The minimum Gasteiger partial charge on any atom is -0.444 e. The highest BCUT2D eigenvalue weighted by Gasteiger charge is 2.37. The first-order chi connectivity index (χ1) is 22.9. The molecule has 1 N–H and O–H groups in total. The van der Waals surface area contributed by atoms with Crippen molar-refractivity contribution in [3.63, 3.8) is 0 Å². The number of amides is 2. The van der Waals surface area contributed by atoms with E-state index in [2.05, 4.69) is 22.9 Å². The number of likely N-dealkylation sites (tertiary alicyclic amines) is 2. The van der Waals surface area contributed by atoms with Crippen LogP contribution >= 0.6 is 15.9 Å². The average molecular weight is 754 g/mol. The van der Waals surface area contributed by atoms with Crippen LogP contribution in [0.3, 0.4) is 0 Å². The number of hydrogen-bond acceptors (Lipinski definition) is 6. The molecule has 0 saturated carbocycles. The van der Waals surface area contributed by atoms with E-state index in [-0.39, 0.29) is 29.8 Å². The maximum absolute atomic E-state index is 13.5. The fourth-order valence-corrected chi connectivity index (χ4v) is 6.15. The number of halogens is 3. The second kappa shape index (κ2) is 19.4. The highest BCUT2D eigenvalue weighted by Crippen LogP contribution is 2.33. The molecular formula is C38H55BrF2N2O6. The average Bonchev–Trinajstić information content (AvgIpc) is 3.69. The summed E-state index contributed by atoms with van der Waals surface area (Å²) in [4.78, 5) is 37.7. The third kappa shape index (κ3) is 14.0. The molecule has 8 nitrogen and oxygen atoms in total. The largest absolute Gasteiger partial charge is 0.444 e. The highest BCUT2D eigenvalue weighted by molar-refractivity contribution is 9.10. The van der Waals surface area contributed by atoms with Gasteiger partial charge in [-0.2, -0.15) is 0 Å². The predicted octanol–water partition coefficient (Wildman–Crippen LogP) is 9.34. The number of carbonyl (C=O) groups is 3. The van der Waals surface area contributed by atoms with Crippen LogP contribution < -0.4 is 0 Å². The van der Waals surface area contributed by atoms with Crippen molar-refractivity contribution >= 4 is 34.4 Å². The van der Waals surface area contributed by atoms with Crippen molar-refractivity contribution in [2.75, 3.05) is 13.1 Å². The summed E-state index contributed by atoms with van der Waals surface area (Å²) in [5, 5.41) is 10.9. The third-order valence-corrected chi connectivity index (χ3v) is 8.62. The van der Waals surface area contributed by atoms with Crippen LogP contribution in [0, 0.1) is 11.6 Å². The second-order valence-corrected chi connectivity index (χ2v) is 15.3. The lowest BCUT2D eigenvalue weighted by Gasteiger charge is -2.31. The fourth-order valence-electron chi connectivity index (χ4n) is 5.71. The van der Waals surface area contributed by atoms with Gasteiger partial charge in [0, 0.05) is 17.6 Å². The first kappa shape index (κ1) is 42.1. The SMILES string of the molecule is CC(C)(C)OC(=O)N1CCC[C@H]1C=O.CCCc1cc(F)ccc1Br.CCCc1cc(F)ccc1C(O)[C@@H]1CCCN1C(=O)OC(C)(C)C. The number of benzene rings is 2. The van der Waals surface area contributed by atoms with E-state index in [9.17, 15) is 28.3 Å². The Morgan fingerprint density at radius 2 is 1.35 bits per heavy atom. The molecular weight excluding hydrogens is 698 g/mol. The van der Waals surface area contributed by atoms with Gasteiger partial charge in [-0.3, -0.25) is 4.90 Å². The molecule has 0 aromatic heterocycles. The van der Waals surface area contributed by atoms with Crippen molar-refractivity contribution in [1.29, 1.82) is 0 Å². The van der Waals surface area contributed by atoms with Crippen molar-refractivity contribution in [2.24, 2.45) is 0 Å². The summed E-state index contributed by atoms with van der Waals surface area (Å²) in [6.45, 7) is 16.2. The van der Waals surface area contributed by atoms with Crippen LogP contribution in [0.2, 0.25) is 0 Å². The van der Waals surface area contributed by atoms with E-state index in [0.29, 0.717) is 31.5 Å². The van der Waals surface area contributed by atoms with Crippen LogP contribution in [0.25, 0.3) is 0 Å². The van der Waals surface area contributed by atoms with Gasteiger partial charge in [0.25, 0.3) is 0 Å². The van der Waals surface area contributed by atoms with Gasteiger partial charge in [0.1, 0.15) is 29.1 Å². The second-order valence-electron chi connectivity index (χ2n) is 14.4. The zero-order valence-corrected chi connectivity index (χ0v) is 31.9. The van der Waals surface area contributed by atoms with Gasteiger partial charge in [-0.1, -0.05) is 48.7 Å². The Morgan fingerprint density at radius 1 is 0.857 bits per heavy atom. The summed E-state index contributed by atoms with van der Waals surface area (Å²) in [6, 6.07) is 8.65. The molecule has 1 unspecified atom stereocenters. The molecule has 274 valence electrons. The lowest BCUT2D eigenvalue weighted by Crippen LogP contribution is -2.42. The summed E-state index contributed by atoms with van der Waals surface area (Å²) in [7, 11) is 0. The molecule has 2 fully saturated rings. The third-order valence-electron chi connectivity index (χ3n) is 7.85. The molecule has 3 atom stereocenters. The number of hydrogen-bond donors (Lipinski definition) is 1. The van der Waals surface area contributed by atoms with Crippen molar-refractivity contribution in [1.82, 2.24) is 9.80 Å². The van der Waals surface area contributed by atoms with E-state index in [1.54, 1.807) is 23.1 Å². The number of carbonyl (C=O) groups excluding carboxylic acids is 3. The smallest absolute Gasteiger partial charge is 0.410 e. The molecule has 2 heterocycles. The summed E-state index contributed by atoms with van der Waals surface area (Å²) in [5.74, 6) is -0.457. The number of aldehydes is 1. The Morgan fingerprint density at radius 3 is 1.90 bits per heavy atom. The van der Waals surface area contributed by atoms with Crippen LogP contribution in [0.5, 0.6) is 0 Å². The molecule has 2 aliphatic rings. The maximum Gasteiger partial charge on any atom is 0.410 e. The molecule has 0 aliphatic carbocycles. The van der Waals surface area contributed by atoms with E-state index in [1.165, 1.54) is 23.1 Å². The van der Waals surface area contributed by atoms with Gasteiger partial charge in [0.2, 0.25) is 0 Å². The van der Waals surface area contributed by atoms with Crippen molar-refractivity contribution in [3.05, 3.63) is 69.2 Å². The van der Waals surface area contributed by atoms with Gasteiger partial charge >= 0.3 is 12.2 Å². The van der Waals surface area contributed by atoms with Crippen LogP contribution in [0.15, 0.2) is 40.9 Å². The lowest BCUT2D eigenvalue weighted by atomic mass is 9.93. The molecule has 2 aromatic carbocycles. The number of ether oxygens (including phenoxy) is 2. The van der Waals surface area contributed by atoms with Gasteiger partial charge in [-0.05, 0) is 127 Å². The molecule has 0 radical (unpaired) electrons. The molecule has 0 spiro atoms. The number of rotatable bonds is 7. The molecule has 0 bridgehead atoms. The Kier molecular flexibility index (Phi) is 16.7. The molecule has 2 amide bonds. The molecule has 4 rings (SSSR count). The minimum atomic E-state index is -0.831. The normalized spacial score (nSPS) is 18.1. The van der Waals surface area contributed by atoms with Crippen molar-refractivity contribution in [3.8, 4) is 0 Å². The lowest BCUT2D eigenvalue weighted by molar-refractivity contribution is -0.111. The molecule has 2 aromatic rings. The van der Waals surface area contributed by atoms with Gasteiger partial charge in [0.05, 0.1) is 18.2 Å². The summed E-state index contributed by atoms with van der Waals surface area (Å²) >= 11 is 3.36. The monoisotopic (exact) mass is 752 g/mol. The van der Waals surface area contributed by atoms with E-state index in [4.69, 9.17) is 9.47 Å². The maximum atomic E-state index is 13.5. The van der Waals surface area contributed by atoms with E-state index >= 15 is 0 Å². The summed E-state index contributed by atoms with van der Waals surface area (Å²) in [6.07, 6.45) is 5.90. The zero-order valence-electron chi connectivity index (χ0n) is 30.4. The van der Waals surface area contributed by atoms with E-state index in [0.717, 1.165) is 60.4 Å². The molecule has 2 aliphatic heterocycles. The Hall–Kier alpha value is -3.05. The topological polar surface area (TPSA) is 96.4 Å². The molecule has 49 heavy (non-hydrogen) atoms. The van der Waals surface area contributed by atoms with Gasteiger partial charge < -0.3 is 24.3 Å². The van der Waals surface area contributed by atoms with E-state index < -0.39 is 23.4 Å². The Bertz CT molecular complexity index is 1380. The number of aliphatic hydroxyl groups excluding tert-OH is 1. The minimum absolute atomic E-state index is 0.156. The summed E-state index contributed by atoms with van der Waals surface area (Å²) in [5.41, 5.74) is 1.50. The molecule has 11 heteroatoms. The summed E-state index contributed by atoms with van der Waals surface area (Å²) < 4.78 is 37.8. The number of nitrogens with zero attached hydrogens (tertiary/aromatic N) is 2. The van der Waals surface area contributed by atoms with Gasteiger partial charge in [-0.15, -0.1) is 0 Å². The van der Waals surface area contributed by atoms with Crippen LogP contribution in [-0.2, 0) is 27.1 Å². The predicted molar refractivity (Wildman–Crippen MR) is 191 cm³/mol. The van der Waals surface area contributed by atoms with Crippen molar-refractivity contribution in [2.45, 2.75) is 136 Å². The fraction of sp³-hybridized carbons (Fsp3) is 0.605. The first-order valence-corrected chi connectivity index (χ1v) is 18.0. The highest BCUT2D eigenvalue weighted by atomic mass is 79.9. The Labute approximate surface area is 299 Å². The zero-order chi connectivity index (χ0) is 36.9. The quantitative estimate of drug-likeness (QED) is 0.283. The van der Waals surface area contributed by atoms with Crippen LogP contribution in [-0.4, -0.2) is 69.8 Å². The van der Waals surface area contributed by atoms with Gasteiger partial charge in [-0.25, -0.2) is 18.4 Å². The van der Waals surface area contributed by atoms with Gasteiger partial charge in [0.15, 0.2) is 0 Å². The Balaban J connectivity index is 0.000000282. The first-order valence-electron chi connectivity index (χ1n) is 17.3. The number of aliphatic hydroxyl groups is 1. The number of aryl methyl sites for hydroxylation is 2. The standard InChI is InChI=1S/C19H28FNO3.C10H17NO3.C9H10BrF/c1-5-7-13-12-14(20)9-10-15(13)17(22)16-8-6-11-21(16)18(23)24-19(2,3)4;1-10(2,3)14-9(13)11-6-4-5-8(11)7-12;1-2-3-7-6-8(11)4-5-9(7)10/h9-10,12,16-17,22H,5-8,11H2,1-4H3;7-8H,4-6H2,1-3H3;4-6H,2-3H2,1H3/t16-,17?;8-;/m00./s1. The van der Waals surface area contributed by atoms with Crippen LogP contribution in [0.4, 0.5) is 18.4 Å². The molecule has 2 saturated heterocycles.